The fourth-order valence-electron chi connectivity index (χ4n) is 14.3. The summed E-state index contributed by atoms with van der Waals surface area (Å²) >= 11 is 0. The molecule has 0 spiro atoms. The molecule has 0 radical (unpaired) electrons. The van der Waals surface area contributed by atoms with Gasteiger partial charge in [-0.15, -0.1) is 0 Å². The third kappa shape index (κ3) is 6.37. The Hall–Kier alpha value is -8.60. The van der Waals surface area contributed by atoms with Gasteiger partial charge in [-0.2, -0.15) is 0 Å². The SMILES string of the molecule is CC1(C)CC(C)(c2ccc(N(c3ccc4c(c3)C(C)(C)c3ccccc3-4)c3ccc4oc5ccccc5c4c3)cc2)c2cc(N(c3ccc4c(c3)C(C)(C)c3ccccc3-4)c3ccc4oc5ccccc5c4c3)ccc21. The first-order chi connectivity index (χ1) is 36.8. The molecule has 0 aliphatic heterocycles. The first kappa shape index (κ1) is 44.8. The lowest BCUT2D eigenvalue weighted by Crippen LogP contribution is -2.23. The molecule has 12 aromatic rings. The van der Waals surface area contributed by atoms with E-state index in [9.17, 15) is 0 Å². The Morgan fingerprint density at radius 3 is 1.21 bits per heavy atom. The number of fused-ring (bicyclic) bond motifs is 13. The molecule has 4 heteroatoms. The predicted molar refractivity (Wildman–Crippen MR) is 316 cm³/mol. The molecular weight excluding hydrogens is 925 g/mol. The highest BCUT2D eigenvalue weighted by atomic mass is 16.3. The van der Waals surface area contributed by atoms with E-state index in [1.807, 2.05) is 12.1 Å². The number of nitrogens with zero attached hydrogens (tertiary/aromatic N) is 2. The monoisotopic (exact) mass is 982 g/mol. The van der Waals surface area contributed by atoms with Crippen LogP contribution in [-0.2, 0) is 21.7 Å². The fraction of sp³-hybridized carbons (Fsp3) is 0.167. The molecule has 0 bridgehead atoms. The second-order valence-electron chi connectivity index (χ2n) is 23.7. The molecule has 0 amide bonds. The van der Waals surface area contributed by atoms with E-state index < -0.39 is 0 Å². The van der Waals surface area contributed by atoms with Gasteiger partial charge in [-0.3, -0.25) is 0 Å². The number of rotatable bonds is 7. The lowest BCUT2D eigenvalue weighted by molar-refractivity contribution is 0.425. The van der Waals surface area contributed by atoms with Gasteiger partial charge in [-0.05, 0) is 170 Å². The van der Waals surface area contributed by atoms with Crippen LogP contribution >= 0.6 is 0 Å². The van der Waals surface area contributed by atoms with Crippen molar-refractivity contribution >= 4 is 78.0 Å². The summed E-state index contributed by atoms with van der Waals surface area (Å²) in [6.07, 6.45) is 0.977. The van der Waals surface area contributed by atoms with Crippen LogP contribution < -0.4 is 9.80 Å². The van der Waals surface area contributed by atoms with Crippen LogP contribution in [0.3, 0.4) is 0 Å². The summed E-state index contributed by atoms with van der Waals surface area (Å²) in [5.74, 6) is 0. The van der Waals surface area contributed by atoms with Crippen LogP contribution in [0.1, 0.15) is 93.8 Å². The minimum absolute atomic E-state index is 0.0618. The van der Waals surface area contributed by atoms with E-state index >= 15 is 0 Å². The zero-order valence-electron chi connectivity index (χ0n) is 44.1. The number of hydrogen-bond acceptors (Lipinski definition) is 4. The molecule has 2 aromatic heterocycles. The van der Waals surface area contributed by atoms with E-state index in [1.54, 1.807) is 0 Å². The van der Waals surface area contributed by atoms with Crippen molar-refractivity contribution in [3.63, 3.8) is 0 Å². The van der Waals surface area contributed by atoms with Gasteiger partial charge in [-0.25, -0.2) is 0 Å². The van der Waals surface area contributed by atoms with E-state index in [0.29, 0.717) is 0 Å². The first-order valence-corrected chi connectivity index (χ1v) is 26.9. The topological polar surface area (TPSA) is 32.8 Å². The molecule has 3 aliphatic carbocycles. The summed E-state index contributed by atoms with van der Waals surface area (Å²) in [6.45, 7) is 16.8. The highest BCUT2D eigenvalue weighted by Crippen LogP contribution is 2.57. The van der Waals surface area contributed by atoms with Crippen LogP contribution in [-0.4, -0.2) is 0 Å². The average molecular weight is 983 g/mol. The molecule has 0 saturated heterocycles. The van der Waals surface area contributed by atoms with Crippen molar-refractivity contribution < 1.29 is 8.83 Å². The Balaban J connectivity index is 0.867. The number of para-hydroxylation sites is 2. The number of furan rings is 2. The van der Waals surface area contributed by atoms with Gasteiger partial charge < -0.3 is 18.6 Å². The molecule has 3 aliphatic rings. The van der Waals surface area contributed by atoms with Gasteiger partial charge in [0.05, 0.1) is 0 Å². The second-order valence-corrected chi connectivity index (χ2v) is 23.7. The third-order valence-corrected chi connectivity index (χ3v) is 18.0. The van der Waals surface area contributed by atoms with Crippen LogP contribution in [0.4, 0.5) is 34.1 Å². The van der Waals surface area contributed by atoms with Crippen molar-refractivity contribution in [2.75, 3.05) is 9.80 Å². The zero-order valence-corrected chi connectivity index (χ0v) is 44.1. The molecule has 368 valence electrons. The van der Waals surface area contributed by atoms with Crippen molar-refractivity contribution in [2.24, 2.45) is 0 Å². The predicted octanol–water partition coefficient (Wildman–Crippen LogP) is 20.0. The van der Waals surface area contributed by atoms with Gasteiger partial charge in [-0.1, -0.05) is 164 Å². The molecule has 4 nitrogen and oxygen atoms in total. The van der Waals surface area contributed by atoms with E-state index in [2.05, 4.69) is 258 Å². The van der Waals surface area contributed by atoms with Gasteiger partial charge in [0.2, 0.25) is 0 Å². The molecule has 10 aromatic carbocycles. The van der Waals surface area contributed by atoms with Crippen LogP contribution in [0.2, 0.25) is 0 Å². The maximum absolute atomic E-state index is 6.40. The van der Waals surface area contributed by atoms with Gasteiger partial charge in [0, 0.05) is 71.9 Å². The summed E-state index contributed by atoms with van der Waals surface area (Å²) in [7, 11) is 0. The summed E-state index contributed by atoms with van der Waals surface area (Å²) in [5.41, 5.74) is 24.4. The Bertz CT molecular complexity index is 4390. The summed E-state index contributed by atoms with van der Waals surface area (Å²) in [6, 6.07) is 78.9. The van der Waals surface area contributed by atoms with E-state index in [0.717, 1.165) is 84.4 Å². The van der Waals surface area contributed by atoms with Gasteiger partial charge in [0.15, 0.2) is 0 Å². The van der Waals surface area contributed by atoms with E-state index in [-0.39, 0.29) is 21.7 Å². The Kier molecular flexibility index (Phi) is 9.28. The van der Waals surface area contributed by atoms with Crippen molar-refractivity contribution in [2.45, 2.75) is 76.5 Å². The molecule has 0 saturated carbocycles. The van der Waals surface area contributed by atoms with Gasteiger partial charge in [0.1, 0.15) is 22.3 Å². The molecular formula is C72H58N2O2. The van der Waals surface area contributed by atoms with Crippen molar-refractivity contribution in [3.05, 3.63) is 251 Å². The Labute approximate surface area is 444 Å². The second kappa shape index (κ2) is 15.7. The van der Waals surface area contributed by atoms with Crippen LogP contribution in [0.15, 0.2) is 221 Å². The molecule has 2 heterocycles. The molecule has 1 unspecified atom stereocenters. The van der Waals surface area contributed by atoms with Crippen molar-refractivity contribution in [1.29, 1.82) is 0 Å². The summed E-state index contributed by atoms with van der Waals surface area (Å²) in [5, 5.41) is 4.46. The number of hydrogen-bond donors (Lipinski definition) is 0. The lowest BCUT2D eigenvalue weighted by atomic mass is 9.75. The fourth-order valence-corrected chi connectivity index (χ4v) is 14.3. The highest BCUT2D eigenvalue weighted by Gasteiger charge is 2.46. The molecule has 76 heavy (non-hydrogen) atoms. The first-order valence-electron chi connectivity index (χ1n) is 26.9. The molecule has 1 atom stereocenters. The van der Waals surface area contributed by atoms with E-state index in [4.69, 9.17) is 8.83 Å². The summed E-state index contributed by atoms with van der Waals surface area (Å²) < 4.78 is 12.8. The van der Waals surface area contributed by atoms with Gasteiger partial charge >= 0.3 is 0 Å². The molecule has 0 N–H and O–H groups in total. The maximum Gasteiger partial charge on any atom is 0.135 e. The highest BCUT2D eigenvalue weighted by molar-refractivity contribution is 6.08. The zero-order chi connectivity index (χ0) is 51.5. The largest absolute Gasteiger partial charge is 0.456 e. The van der Waals surface area contributed by atoms with Crippen LogP contribution in [0, 0.1) is 0 Å². The Morgan fingerprint density at radius 1 is 0.303 bits per heavy atom. The molecule has 15 rings (SSSR count). The third-order valence-electron chi connectivity index (χ3n) is 18.0. The van der Waals surface area contributed by atoms with Crippen LogP contribution in [0.25, 0.3) is 66.1 Å². The van der Waals surface area contributed by atoms with E-state index in [1.165, 1.54) is 61.2 Å². The minimum atomic E-state index is -0.284. The average Bonchev–Trinajstić information content (AvgIpc) is 4.28. The quantitative estimate of drug-likeness (QED) is 0.159. The van der Waals surface area contributed by atoms with Crippen LogP contribution in [0.5, 0.6) is 0 Å². The van der Waals surface area contributed by atoms with Crippen molar-refractivity contribution in [1.82, 2.24) is 0 Å². The number of benzene rings is 10. The number of anilines is 6. The molecule has 0 fully saturated rings. The standard InChI is InChI=1S/C72H58N2O2/c1-69(2)43-72(7,44-24-26-45(27-25-44)73(46-31-36-67-57(38-46)55-18-10-14-22-65(55)75-67)48-28-33-53-51-16-8-12-20-59(51)70(3,4)62(53)40-48)64-42-50(30-35-61(64)69)74(47-32-37-68-58(39-47)56-19-11-15-23-66(56)76-68)49-29-34-54-52-17-9-13-21-60(52)71(5,6)63(54)41-49/h8-42H,43H2,1-7H3. The lowest BCUT2D eigenvalue weighted by Gasteiger charge is -2.32. The maximum atomic E-state index is 6.40. The normalized spacial score (nSPS) is 17.2. The summed E-state index contributed by atoms with van der Waals surface area (Å²) in [4.78, 5) is 4.91. The minimum Gasteiger partial charge on any atom is -0.456 e. The Morgan fingerprint density at radius 2 is 0.684 bits per heavy atom. The van der Waals surface area contributed by atoms with Crippen molar-refractivity contribution in [3.8, 4) is 22.3 Å². The smallest absolute Gasteiger partial charge is 0.135 e. The van der Waals surface area contributed by atoms with Gasteiger partial charge in [0.25, 0.3) is 0 Å².